The van der Waals surface area contributed by atoms with Gasteiger partial charge in [0.15, 0.2) is 0 Å². The fourth-order valence-electron chi connectivity index (χ4n) is 2.79. The minimum absolute atomic E-state index is 0.0146. The van der Waals surface area contributed by atoms with Gasteiger partial charge in [-0.15, -0.1) is 0 Å². The third kappa shape index (κ3) is 4.23. The topological polar surface area (TPSA) is 78.9 Å². The molecule has 0 aliphatic rings. The molecular weight excluding hydrogens is 314 g/mol. The van der Waals surface area contributed by atoms with Gasteiger partial charge in [-0.05, 0) is 31.9 Å². The average molecular weight is 337 g/mol. The van der Waals surface area contributed by atoms with Crippen molar-refractivity contribution >= 4 is 11.9 Å². The Kier molecular flexibility index (Phi) is 6.26. The van der Waals surface area contributed by atoms with Crippen LogP contribution in [-0.4, -0.2) is 27.3 Å². The molecule has 0 amide bonds. The van der Waals surface area contributed by atoms with Crippen LogP contribution in [0, 0.1) is 25.2 Å². The molecule has 0 saturated carbocycles. The van der Waals surface area contributed by atoms with Gasteiger partial charge in [-0.1, -0.05) is 37.6 Å². The van der Waals surface area contributed by atoms with Crippen molar-refractivity contribution < 1.29 is 9.90 Å². The molecule has 0 aliphatic heterocycles. The summed E-state index contributed by atoms with van der Waals surface area (Å²) >= 11 is 0. The van der Waals surface area contributed by atoms with Gasteiger partial charge < -0.3 is 5.11 Å². The maximum atomic E-state index is 12.6. The lowest BCUT2D eigenvalue weighted by molar-refractivity contribution is 0.104. The molecule has 5 heteroatoms. The standard InChI is InChI=1S/C20H23N3O2/c1-4-5-16-6-8-17(9-7-16)20(25)18(13-21)12-19-14(2)22-23(10-11-24)15(19)3/h6-9,12,24H,4-5,10-11H2,1-3H3/b18-12-. The Morgan fingerprint density at radius 1 is 1.32 bits per heavy atom. The number of Topliss-reactive ketones (excluding diaryl/α,β-unsaturated/α-hetero) is 1. The number of hydrogen-bond acceptors (Lipinski definition) is 4. The molecule has 0 spiro atoms. The summed E-state index contributed by atoms with van der Waals surface area (Å²) in [6, 6.07) is 9.42. The first-order valence-corrected chi connectivity index (χ1v) is 8.42. The monoisotopic (exact) mass is 337 g/mol. The highest BCUT2D eigenvalue weighted by Gasteiger charge is 2.16. The molecule has 0 bridgehead atoms. The molecule has 0 aliphatic carbocycles. The van der Waals surface area contributed by atoms with Crippen LogP contribution in [0.3, 0.4) is 0 Å². The van der Waals surface area contributed by atoms with Crippen molar-refractivity contribution in [1.82, 2.24) is 9.78 Å². The molecule has 1 N–H and O–H groups in total. The molecule has 2 aromatic rings. The van der Waals surface area contributed by atoms with Gasteiger partial charge in [0.25, 0.3) is 0 Å². The van der Waals surface area contributed by atoms with E-state index < -0.39 is 0 Å². The third-order valence-electron chi connectivity index (χ3n) is 4.16. The number of carbonyl (C=O) groups is 1. The van der Waals surface area contributed by atoms with E-state index in [1.54, 1.807) is 22.9 Å². The maximum Gasteiger partial charge on any atom is 0.203 e. The molecule has 0 atom stereocenters. The van der Waals surface area contributed by atoms with Gasteiger partial charge in [0.1, 0.15) is 11.6 Å². The lowest BCUT2D eigenvalue weighted by atomic mass is 9.99. The second kappa shape index (κ2) is 8.41. The van der Waals surface area contributed by atoms with Crippen LogP contribution in [0.5, 0.6) is 0 Å². The van der Waals surface area contributed by atoms with Crippen molar-refractivity contribution in [3.63, 3.8) is 0 Å². The van der Waals surface area contributed by atoms with Gasteiger partial charge in [-0.2, -0.15) is 10.4 Å². The summed E-state index contributed by atoms with van der Waals surface area (Å²) in [5.74, 6) is -0.292. The molecule has 5 nitrogen and oxygen atoms in total. The molecule has 25 heavy (non-hydrogen) atoms. The molecule has 0 saturated heterocycles. The number of benzene rings is 1. The first-order valence-electron chi connectivity index (χ1n) is 8.42. The van der Waals surface area contributed by atoms with E-state index in [1.807, 2.05) is 32.0 Å². The number of allylic oxidation sites excluding steroid dienone is 1. The molecule has 0 radical (unpaired) electrons. The molecule has 0 fully saturated rings. The summed E-state index contributed by atoms with van der Waals surface area (Å²) in [5.41, 5.74) is 4.07. The van der Waals surface area contributed by atoms with Crippen molar-refractivity contribution in [1.29, 1.82) is 5.26 Å². The van der Waals surface area contributed by atoms with E-state index in [-0.39, 0.29) is 18.0 Å². The second-order valence-electron chi connectivity index (χ2n) is 5.98. The fraction of sp³-hybridized carbons (Fsp3) is 0.350. The van der Waals surface area contributed by atoms with Crippen LogP contribution in [0.1, 0.15) is 46.2 Å². The van der Waals surface area contributed by atoms with E-state index in [2.05, 4.69) is 12.0 Å². The largest absolute Gasteiger partial charge is 0.394 e. The van der Waals surface area contributed by atoms with Gasteiger partial charge in [-0.3, -0.25) is 9.48 Å². The van der Waals surface area contributed by atoms with Gasteiger partial charge in [0.05, 0.1) is 18.8 Å². The number of aliphatic hydroxyl groups is 1. The molecule has 0 unspecified atom stereocenters. The molecule has 1 aromatic carbocycles. The quantitative estimate of drug-likeness (QED) is 0.478. The summed E-state index contributed by atoms with van der Waals surface area (Å²) in [4.78, 5) is 12.6. The Morgan fingerprint density at radius 2 is 2.00 bits per heavy atom. The summed E-state index contributed by atoms with van der Waals surface area (Å²) in [5, 5.41) is 22.9. The predicted molar refractivity (Wildman–Crippen MR) is 97.1 cm³/mol. The highest BCUT2D eigenvalue weighted by atomic mass is 16.3. The Morgan fingerprint density at radius 3 is 2.56 bits per heavy atom. The molecule has 2 rings (SSSR count). The number of aliphatic hydroxyl groups excluding tert-OH is 1. The van der Waals surface area contributed by atoms with E-state index in [4.69, 9.17) is 5.11 Å². The number of aryl methyl sites for hydroxylation is 2. The van der Waals surface area contributed by atoms with Gasteiger partial charge in [0.2, 0.25) is 5.78 Å². The van der Waals surface area contributed by atoms with Crippen LogP contribution in [0.2, 0.25) is 0 Å². The number of ketones is 1. The number of rotatable bonds is 7. The summed E-state index contributed by atoms with van der Waals surface area (Å²) < 4.78 is 1.68. The first kappa shape index (κ1) is 18.6. The van der Waals surface area contributed by atoms with Gasteiger partial charge >= 0.3 is 0 Å². The van der Waals surface area contributed by atoms with Gasteiger partial charge in [-0.25, -0.2) is 0 Å². The fourth-order valence-corrected chi connectivity index (χ4v) is 2.79. The Balaban J connectivity index is 2.34. The van der Waals surface area contributed by atoms with Crippen LogP contribution in [0.25, 0.3) is 6.08 Å². The Hall–Kier alpha value is -2.71. The van der Waals surface area contributed by atoms with E-state index in [0.717, 1.165) is 29.8 Å². The lowest BCUT2D eigenvalue weighted by Gasteiger charge is -2.03. The summed E-state index contributed by atoms with van der Waals surface area (Å²) in [6.07, 6.45) is 3.61. The van der Waals surface area contributed by atoms with Crippen LogP contribution in [0.15, 0.2) is 29.8 Å². The Bertz CT molecular complexity index is 824. The van der Waals surface area contributed by atoms with Gasteiger partial charge in [0, 0.05) is 16.8 Å². The van der Waals surface area contributed by atoms with Crippen LogP contribution in [0.4, 0.5) is 0 Å². The van der Waals surface area contributed by atoms with Crippen molar-refractivity contribution in [2.24, 2.45) is 0 Å². The van der Waals surface area contributed by atoms with Crippen LogP contribution >= 0.6 is 0 Å². The van der Waals surface area contributed by atoms with E-state index >= 15 is 0 Å². The predicted octanol–water partition coefficient (Wildman–Crippen LogP) is 3.23. The van der Waals surface area contributed by atoms with E-state index in [1.165, 1.54) is 5.56 Å². The minimum atomic E-state index is -0.292. The first-order chi connectivity index (χ1) is 12.0. The zero-order chi connectivity index (χ0) is 18.4. The molecule has 1 aromatic heterocycles. The van der Waals surface area contributed by atoms with Crippen LogP contribution in [-0.2, 0) is 13.0 Å². The van der Waals surface area contributed by atoms with E-state index in [9.17, 15) is 10.1 Å². The lowest BCUT2D eigenvalue weighted by Crippen LogP contribution is -2.06. The molecular formula is C20H23N3O2. The maximum absolute atomic E-state index is 12.6. The number of carbonyl (C=O) groups excluding carboxylic acids is 1. The average Bonchev–Trinajstić information content (AvgIpc) is 2.87. The molecule has 130 valence electrons. The summed E-state index contributed by atoms with van der Waals surface area (Å²) in [7, 11) is 0. The van der Waals surface area contributed by atoms with Crippen LogP contribution < -0.4 is 0 Å². The second-order valence-corrected chi connectivity index (χ2v) is 5.98. The van der Waals surface area contributed by atoms with Crippen molar-refractivity contribution in [3.8, 4) is 6.07 Å². The minimum Gasteiger partial charge on any atom is -0.394 e. The number of nitrogens with zero attached hydrogens (tertiary/aromatic N) is 3. The SMILES string of the molecule is CCCc1ccc(C(=O)/C(C#N)=C\c2c(C)nn(CCO)c2C)cc1. The highest BCUT2D eigenvalue weighted by Crippen LogP contribution is 2.19. The number of hydrogen-bond donors (Lipinski definition) is 1. The number of nitriles is 1. The normalized spacial score (nSPS) is 11.4. The van der Waals surface area contributed by atoms with Crippen molar-refractivity contribution in [2.75, 3.05) is 6.61 Å². The van der Waals surface area contributed by atoms with E-state index in [0.29, 0.717) is 12.1 Å². The zero-order valence-electron chi connectivity index (χ0n) is 14.9. The Labute approximate surface area is 148 Å². The smallest absolute Gasteiger partial charge is 0.203 e. The molecule has 1 heterocycles. The third-order valence-corrected chi connectivity index (χ3v) is 4.16. The highest BCUT2D eigenvalue weighted by molar-refractivity contribution is 6.14. The van der Waals surface area contributed by atoms with Crippen molar-refractivity contribution in [3.05, 3.63) is 57.9 Å². The summed E-state index contributed by atoms with van der Waals surface area (Å²) in [6.45, 7) is 6.16. The van der Waals surface area contributed by atoms with Crippen molar-refractivity contribution in [2.45, 2.75) is 40.2 Å². The zero-order valence-corrected chi connectivity index (χ0v) is 14.9. The number of aromatic nitrogens is 2.